The molecule has 0 saturated heterocycles. The van der Waals surface area contributed by atoms with Crippen molar-refractivity contribution in [1.82, 2.24) is 5.32 Å². The van der Waals surface area contributed by atoms with Gasteiger partial charge in [0.05, 0.1) is 11.6 Å². The number of nitriles is 1. The third-order valence-corrected chi connectivity index (χ3v) is 3.63. The van der Waals surface area contributed by atoms with E-state index in [1.807, 2.05) is 0 Å². The van der Waals surface area contributed by atoms with Crippen LogP contribution in [0.1, 0.15) is 59.8 Å². The molecule has 0 spiro atoms. The zero-order chi connectivity index (χ0) is 15.2. The first-order chi connectivity index (χ1) is 9.43. The van der Waals surface area contributed by atoms with E-state index < -0.39 is 0 Å². The molecule has 0 aliphatic heterocycles. The Morgan fingerprint density at radius 2 is 2.05 bits per heavy atom. The second-order valence-electron chi connectivity index (χ2n) is 6.48. The molecular formula is C18H28N2. The van der Waals surface area contributed by atoms with E-state index in [9.17, 15) is 5.26 Å². The summed E-state index contributed by atoms with van der Waals surface area (Å²) >= 11 is 0. The predicted molar refractivity (Wildman–Crippen MR) is 86.1 cm³/mol. The Kier molecular flexibility index (Phi) is 6.07. The smallest absolute Gasteiger partial charge is 0.0997 e. The number of nitrogens with one attached hydrogen (secondary N) is 1. The van der Waals surface area contributed by atoms with Gasteiger partial charge in [-0.05, 0) is 48.3 Å². The average Bonchev–Trinajstić information content (AvgIpc) is 2.35. The standard InChI is InChI=1S/C18H28N2/c1-6-8-14(3)17(13-19)15-10-16(20-9-7-2)12-18(4,5)11-15/h10,20H,3,6-9,11-12H2,1-2,4-5H3/b17-15+. The van der Waals surface area contributed by atoms with Crippen LogP contribution in [0.2, 0.25) is 0 Å². The van der Waals surface area contributed by atoms with Crippen molar-refractivity contribution in [3.8, 4) is 6.07 Å². The van der Waals surface area contributed by atoms with Crippen LogP contribution < -0.4 is 5.32 Å². The van der Waals surface area contributed by atoms with Gasteiger partial charge in [-0.1, -0.05) is 40.7 Å². The first kappa shape index (κ1) is 16.6. The van der Waals surface area contributed by atoms with Crippen molar-refractivity contribution in [3.63, 3.8) is 0 Å². The summed E-state index contributed by atoms with van der Waals surface area (Å²) in [4.78, 5) is 0. The maximum absolute atomic E-state index is 9.49. The van der Waals surface area contributed by atoms with Crippen molar-refractivity contribution < 1.29 is 0 Å². The van der Waals surface area contributed by atoms with E-state index in [0.717, 1.165) is 55.4 Å². The summed E-state index contributed by atoms with van der Waals surface area (Å²) in [5, 5.41) is 13.0. The normalized spacial score (nSPS) is 19.9. The molecule has 0 bridgehead atoms. The molecule has 1 N–H and O–H groups in total. The van der Waals surface area contributed by atoms with Gasteiger partial charge in [0.15, 0.2) is 0 Å². The Morgan fingerprint density at radius 1 is 1.35 bits per heavy atom. The summed E-state index contributed by atoms with van der Waals surface area (Å²) in [6.07, 6.45) is 7.24. The van der Waals surface area contributed by atoms with E-state index in [0.29, 0.717) is 0 Å². The highest BCUT2D eigenvalue weighted by molar-refractivity contribution is 5.50. The predicted octanol–water partition coefficient (Wildman–Crippen LogP) is 4.87. The van der Waals surface area contributed by atoms with Crippen molar-refractivity contribution in [2.75, 3.05) is 6.54 Å². The van der Waals surface area contributed by atoms with E-state index in [1.165, 1.54) is 5.70 Å². The first-order valence-electron chi connectivity index (χ1n) is 7.69. The third-order valence-electron chi connectivity index (χ3n) is 3.63. The number of allylic oxidation sites excluding steroid dienone is 5. The Balaban J connectivity index is 3.11. The van der Waals surface area contributed by atoms with E-state index in [1.54, 1.807) is 0 Å². The molecule has 20 heavy (non-hydrogen) atoms. The van der Waals surface area contributed by atoms with Crippen molar-refractivity contribution in [2.24, 2.45) is 5.41 Å². The summed E-state index contributed by atoms with van der Waals surface area (Å²) < 4.78 is 0. The van der Waals surface area contributed by atoms with Crippen LogP contribution >= 0.6 is 0 Å². The van der Waals surface area contributed by atoms with Crippen LogP contribution in [0, 0.1) is 16.7 Å². The molecule has 0 radical (unpaired) electrons. The van der Waals surface area contributed by atoms with Crippen LogP contribution in [0.15, 0.2) is 35.1 Å². The molecule has 0 unspecified atom stereocenters. The summed E-state index contributed by atoms with van der Waals surface area (Å²) in [6.45, 7) is 13.9. The maximum atomic E-state index is 9.49. The van der Waals surface area contributed by atoms with Gasteiger partial charge in [-0.2, -0.15) is 5.26 Å². The second-order valence-corrected chi connectivity index (χ2v) is 6.48. The lowest BCUT2D eigenvalue weighted by Crippen LogP contribution is -2.25. The third kappa shape index (κ3) is 4.56. The Morgan fingerprint density at radius 3 is 2.60 bits per heavy atom. The molecule has 0 heterocycles. The number of rotatable bonds is 6. The molecule has 1 aliphatic rings. The van der Waals surface area contributed by atoms with Gasteiger partial charge in [0.25, 0.3) is 0 Å². The van der Waals surface area contributed by atoms with Gasteiger partial charge >= 0.3 is 0 Å². The van der Waals surface area contributed by atoms with E-state index >= 15 is 0 Å². The molecule has 0 atom stereocenters. The van der Waals surface area contributed by atoms with Gasteiger partial charge in [-0.3, -0.25) is 0 Å². The fraction of sp³-hybridized carbons (Fsp3) is 0.611. The summed E-state index contributed by atoms with van der Waals surface area (Å²) in [5.41, 5.74) is 4.40. The Labute approximate surface area is 124 Å². The topological polar surface area (TPSA) is 35.8 Å². The van der Waals surface area contributed by atoms with E-state index in [-0.39, 0.29) is 5.41 Å². The van der Waals surface area contributed by atoms with Crippen molar-refractivity contribution in [1.29, 1.82) is 5.26 Å². The largest absolute Gasteiger partial charge is 0.388 e. The Bertz CT molecular complexity index is 458. The number of hydrogen-bond donors (Lipinski definition) is 1. The van der Waals surface area contributed by atoms with Crippen LogP contribution in [0.5, 0.6) is 0 Å². The lowest BCUT2D eigenvalue weighted by molar-refractivity contribution is 0.341. The molecule has 0 aromatic heterocycles. The Hall–Kier alpha value is -1.49. The van der Waals surface area contributed by atoms with Crippen molar-refractivity contribution in [2.45, 2.75) is 59.8 Å². The summed E-state index contributed by atoms with van der Waals surface area (Å²) in [7, 11) is 0. The monoisotopic (exact) mass is 272 g/mol. The van der Waals surface area contributed by atoms with E-state index in [2.05, 4.69) is 51.7 Å². The molecule has 1 rings (SSSR count). The molecule has 0 aromatic rings. The summed E-state index contributed by atoms with van der Waals surface area (Å²) in [6, 6.07) is 2.38. The molecule has 0 aromatic carbocycles. The van der Waals surface area contributed by atoms with Gasteiger partial charge < -0.3 is 5.32 Å². The molecule has 0 fully saturated rings. The highest BCUT2D eigenvalue weighted by Gasteiger charge is 2.27. The lowest BCUT2D eigenvalue weighted by atomic mass is 9.75. The minimum atomic E-state index is 0.203. The maximum Gasteiger partial charge on any atom is 0.0997 e. The van der Waals surface area contributed by atoms with E-state index in [4.69, 9.17) is 0 Å². The van der Waals surface area contributed by atoms with Crippen LogP contribution in [0.3, 0.4) is 0 Å². The first-order valence-corrected chi connectivity index (χ1v) is 7.69. The van der Waals surface area contributed by atoms with Crippen LogP contribution in [-0.2, 0) is 0 Å². The minimum absolute atomic E-state index is 0.203. The van der Waals surface area contributed by atoms with Gasteiger partial charge in [-0.15, -0.1) is 0 Å². The molecule has 1 aliphatic carbocycles. The van der Waals surface area contributed by atoms with Gasteiger partial charge in [0.2, 0.25) is 0 Å². The quantitative estimate of drug-likeness (QED) is 0.700. The zero-order valence-electron chi connectivity index (χ0n) is 13.5. The van der Waals surface area contributed by atoms with Crippen molar-refractivity contribution in [3.05, 3.63) is 35.1 Å². The lowest BCUT2D eigenvalue weighted by Gasteiger charge is -2.32. The summed E-state index contributed by atoms with van der Waals surface area (Å²) in [5.74, 6) is 0. The molecular weight excluding hydrogens is 244 g/mol. The molecule has 0 saturated carbocycles. The zero-order valence-corrected chi connectivity index (χ0v) is 13.5. The average molecular weight is 272 g/mol. The second kappa shape index (κ2) is 7.33. The van der Waals surface area contributed by atoms with Crippen LogP contribution in [0.4, 0.5) is 0 Å². The fourth-order valence-corrected chi connectivity index (χ4v) is 2.77. The van der Waals surface area contributed by atoms with Gasteiger partial charge in [0, 0.05) is 12.2 Å². The highest BCUT2D eigenvalue weighted by Crippen LogP contribution is 2.39. The van der Waals surface area contributed by atoms with Crippen LogP contribution in [-0.4, -0.2) is 6.54 Å². The highest BCUT2D eigenvalue weighted by atomic mass is 14.9. The molecule has 2 nitrogen and oxygen atoms in total. The SMILES string of the molecule is C=C(CCC)/C(C#N)=C1\C=C(NCCC)CC(C)(C)C1. The van der Waals surface area contributed by atoms with Gasteiger partial charge in [0.1, 0.15) is 0 Å². The molecule has 2 heteroatoms. The number of hydrogen-bond acceptors (Lipinski definition) is 2. The molecule has 110 valence electrons. The van der Waals surface area contributed by atoms with Crippen LogP contribution in [0.25, 0.3) is 0 Å². The van der Waals surface area contributed by atoms with Gasteiger partial charge in [-0.25, -0.2) is 0 Å². The number of nitrogens with zero attached hydrogens (tertiary/aromatic N) is 1. The van der Waals surface area contributed by atoms with Crippen molar-refractivity contribution >= 4 is 0 Å². The fourth-order valence-electron chi connectivity index (χ4n) is 2.77. The molecule has 0 amide bonds. The minimum Gasteiger partial charge on any atom is -0.388 e.